The molecule has 1 amide bonds. The average molecular weight is 329 g/mol. The van der Waals surface area contributed by atoms with Crippen molar-refractivity contribution in [1.29, 1.82) is 0 Å². The van der Waals surface area contributed by atoms with Crippen molar-refractivity contribution in [1.82, 2.24) is 5.32 Å². The van der Waals surface area contributed by atoms with Crippen LogP contribution in [0.2, 0.25) is 0 Å². The van der Waals surface area contributed by atoms with Gasteiger partial charge in [0.2, 0.25) is 5.91 Å². The van der Waals surface area contributed by atoms with Gasteiger partial charge >= 0.3 is 0 Å². The van der Waals surface area contributed by atoms with Gasteiger partial charge in [-0.05, 0) is 53.1 Å². The lowest BCUT2D eigenvalue weighted by atomic mass is 9.95. The second-order valence-corrected chi connectivity index (χ2v) is 6.95. The van der Waals surface area contributed by atoms with Gasteiger partial charge in [-0.15, -0.1) is 0 Å². The maximum atomic E-state index is 11.9. The van der Waals surface area contributed by atoms with Gasteiger partial charge in [-0.3, -0.25) is 4.79 Å². The zero-order valence-electron chi connectivity index (χ0n) is 14.4. The summed E-state index contributed by atoms with van der Waals surface area (Å²) in [6, 6.07) is 23.7. The molecule has 1 saturated carbocycles. The van der Waals surface area contributed by atoms with E-state index in [2.05, 4.69) is 72.0 Å². The van der Waals surface area contributed by atoms with Gasteiger partial charge in [0, 0.05) is 12.5 Å². The topological polar surface area (TPSA) is 29.1 Å². The number of hydrogen-bond donors (Lipinski definition) is 1. The van der Waals surface area contributed by atoms with Crippen molar-refractivity contribution in [2.24, 2.45) is 5.92 Å². The summed E-state index contributed by atoms with van der Waals surface area (Å²) in [5, 5.41) is 5.66. The van der Waals surface area contributed by atoms with Gasteiger partial charge in [-0.2, -0.15) is 0 Å². The number of carbonyl (C=O) groups excluding carboxylic acids is 1. The molecule has 126 valence electrons. The van der Waals surface area contributed by atoms with Crippen LogP contribution in [0.5, 0.6) is 0 Å². The van der Waals surface area contributed by atoms with Crippen molar-refractivity contribution in [3.63, 3.8) is 0 Å². The number of amides is 1. The molecule has 25 heavy (non-hydrogen) atoms. The highest BCUT2D eigenvalue weighted by Gasteiger charge is 2.29. The first kappa shape index (κ1) is 15.9. The Hall–Kier alpha value is -2.61. The van der Waals surface area contributed by atoms with Crippen molar-refractivity contribution < 1.29 is 4.79 Å². The van der Waals surface area contributed by atoms with Crippen molar-refractivity contribution in [2.75, 3.05) is 6.54 Å². The molecule has 0 aromatic heterocycles. The summed E-state index contributed by atoms with van der Waals surface area (Å²) in [5.41, 5.74) is 3.97. The number of fused-ring (bicyclic) bond motifs is 1. The molecule has 0 spiro atoms. The third-order valence-corrected chi connectivity index (χ3v) is 4.90. The van der Waals surface area contributed by atoms with E-state index in [1.807, 2.05) is 0 Å². The summed E-state index contributed by atoms with van der Waals surface area (Å²) in [7, 11) is 0. The smallest absolute Gasteiger partial charge is 0.223 e. The molecule has 3 aromatic rings. The van der Waals surface area contributed by atoms with E-state index >= 15 is 0 Å². The van der Waals surface area contributed by atoms with Gasteiger partial charge in [-0.25, -0.2) is 0 Å². The molecular weight excluding hydrogens is 306 g/mol. The van der Waals surface area contributed by atoms with Crippen LogP contribution in [-0.2, 0) is 17.6 Å². The molecule has 1 aliphatic carbocycles. The summed E-state index contributed by atoms with van der Waals surface area (Å²) in [5.74, 6) is 0.505. The fourth-order valence-corrected chi connectivity index (χ4v) is 3.41. The monoisotopic (exact) mass is 329 g/mol. The first-order valence-corrected chi connectivity index (χ1v) is 9.12. The van der Waals surface area contributed by atoms with E-state index in [4.69, 9.17) is 0 Å². The largest absolute Gasteiger partial charge is 0.356 e. The highest BCUT2D eigenvalue weighted by atomic mass is 16.2. The van der Waals surface area contributed by atoms with Crippen LogP contribution in [0.15, 0.2) is 66.7 Å². The van der Waals surface area contributed by atoms with E-state index in [1.165, 1.54) is 27.5 Å². The first-order chi connectivity index (χ1) is 12.3. The summed E-state index contributed by atoms with van der Waals surface area (Å²) in [6.45, 7) is 0.716. The van der Waals surface area contributed by atoms with E-state index in [0.29, 0.717) is 6.54 Å². The Labute approximate surface area is 148 Å². The molecule has 0 saturated heterocycles. The highest BCUT2D eigenvalue weighted by molar-refractivity contribution is 5.86. The van der Waals surface area contributed by atoms with Gasteiger partial charge < -0.3 is 5.32 Å². The predicted octanol–water partition coefficient (Wildman–Crippen LogP) is 4.50. The van der Waals surface area contributed by atoms with Crippen LogP contribution in [0.25, 0.3) is 10.8 Å². The van der Waals surface area contributed by atoms with Crippen LogP contribution in [0, 0.1) is 5.92 Å². The molecule has 0 aliphatic heterocycles. The Morgan fingerprint density at radius 2 is 1.68 bits per heavy atom. The van der Waals surface area contributed by atoms with E-state index < -0.39 is 0 Å². The standard InChI is InChI=1S/C23H23NO/c25-23(19-10-11-19)24-13-12-21-16-18(14-17-6-2-1-3-7-17)15-20-8-4-5-9-22(20)21/h1-9,15-16,19H,10-14H2,(H,24,25). The molecule has 2 heteroatoms. The average Bonchev–Trinajstić information content (AvgIpc) is 3.48. The lowest BCUT2D eigenvalue weighted by Crippen LogP contribution is -2.27. The first-order valence-electron chi connectivity index (χ1n) is 9.12. The number of nitrogens with one attached hydrogen (secondary N) is 1. The molecule has 1 fully saturated rings. The molecule has 1 N–H and O–H groups in total. The zero-order valence-corrected chi connectivity index (χ0v) is 14.4. The summed E-state index contributed by atoms with van der Waals surface area (Å²) >= 11 is 0. The summed E-state index contributed by atoms with van der Waals surface area (Å²) in [4.78, 5) is 11.9. The minimum absolute atomic E-state index is 0.227. The van der Waals surface area contributed by atoms with Gasteiger partial charge in [0.15, 0.2) is 0 Å². The SMILES string of the molecule is O=C(NCCc1cc(Cc2ccccc2)cc2ccccc12)C1CC1. The van der Waals surface area contributed by atoms with Crippen LogP contribution in [0.3, 0.4) is 0 Å². The van der Waals surface area contributed by atoms with Crippen LogP contribution in [0.4, 0.5) is 0 Å². The lowest BCUT2D eigenvalue weighted by molar-refractivity contribution is -0.122. The highest BCUT2D eigenvalue weighted by Crippen LogP contribution is 2.29. The van der Waals surface area contributed by atoms with E-state index in [-0.39, 0.29) is 11.8 Å². The normalized spacial score (nSPS) is 13.8. The Kier molecular flexibility index (Phi) is 4.51. The fourth-order valence-electron chi connectivity index (χ4n) is 3.41. The minimum atomic E-state index is 0.227. The Morgan fingerprint density at radius 1 is 0.920 bits per heavy atom. The number of hydrogen-bond acceptors (Lipinski definition) is 1. The van der Waals surface area contributed by atoms with Crippen LogP contribution in [0.1, 0.15) is 29.5 Å². The van der Waals surface area contributed by atoms with Crippen molar-refractivity contribution in [3.8, 4) is 0 Å². The van der Waals surface area contributed by atoms with Crippen molar-refractivity contribution >= 4 is 16.7 Å². The Morgan fingerprint density at radius 3 is 2.48 bits per heavy atom. The van der Waals surface area contributed by atoms with Crippen molar-refractivity contribution in [3.05, 3.63) is 83.4 Å². The quantitative estimate of drug-likeness (QED) is 0.709. The van der Waals surface area contributed by atoms with Crippen LogP contribution in [-0.4, -0.2) is 12.5 Å². The molecule has 0 atom stereocenters. The molecule has 0 bridgehead atoms. The lowest BCUT2D eigenvalue weighted by Gasteiger charge is -2.11. The molecule has 1 aliphatic rings. The van der Waals surface area contributed by atoms with Crippen LogP contribution >= 0.6 is 0 Å². The van der Waals surface area contributed by atoms with Crippen LogP contribution < -0.4 is 5.32 Å². The third-order valence-electron chi connectivity index (χ3n) is 4.90. The van der Waals surface area contributed by atoms with Crippen molar-refractivity contribution in [2.45, 2.75) is 25.7 Å². The second-order valence-electron chi connectivity index (χ2n) is 6.95. The summed E-state index contributed by atoms with van der Waals surface area (Å²) in [6.07, 6.45) is 3.93. The molecule has 0 heterocycles. The molecule has 0 radical (unpaired) electrons. The van der Waals surface area contributed by atoms with E-state index in [1.54, 1.807) is 0 Å². The van der Waals surface area contributed by atoms with E-state index in [0.717, 1.165) is 25.7 Å². The molecule has 0 unspecified atom stereocenters. The van der Waals surface area contributed by atoms with Gasteiger partial charge in [-0.1, -0.05) is 66.7 Å². The minimum Gasteiger partial charge on any atom is -0.356 e. The molecule has 4 rings (SSSR count). The number of rotatable bonds is 6. The molecular formula is C23H23NO. The maximum absolute atomic E-state index is 11.9. The number of carbonyl (C=O) groups is 1. The Balaban J connectivity index is 1.56. The Bertz CT molecular complexity index is 881. The predicted molar refractivity (Wildman–Crippen MR) is 103 cm³/mol. The number of benzene rings is 3. The van der Waals surface area contributed by atoms with Gasteiger partial charge in [0.05, 0.1) is 0 Å². The fraction of sp³-hybridized carbons (Fsp3) is 0.261. The molecule has 2 nitrogen and oxygen atoms in total. The summed E-state index contributed by atoms with van der Waals surface area (Å²) < 4.78 is 0. The molecule has 3 aromatic carbocycles. The second kappa shape index (κ2) is 7.10. The third kappa shape index (κ3) is 3.90. The zero-order chi connectivity index (χ0) is 17.1. The van der Waals surface area contributed by atoms with E-state index in [9.17, 15) is 4.79 Å². The van der Waals surface area contributed by atoms with Gasteiger partial charge in [0.25, 0.3) is 0 Å². The maximum Gasteiger partial charge on any atom is 0.223 e. The van der Waals surface area contributed by atoms with Gasteiger partial charge in [0.1, 0.15) is 0 Å².